The molecule has 1 aromatic heterocycles. The Morgan fingerprint density at radius 3 is 2.13 bits per heavy atom. The van der Waals surface area contributed by atoms with E-state index in [-0.39, 0.29) is 27.8 Å². The molecular weight excluding hydrogens is 506 g/mol. The Hall–Kier alpha value is -3.59. The van der Waals surface area contributed by atoms with Gasteiger partial charge in [-0.3, -0.25) is 5.41 Å². The van der Waals surface area contributed by atoms with Gasteiger partial charge in [-0.05, 0) is 58.7 Å². The number of carbonyl (C=O) groups excluding carboxylic acids is 1. The number of hydrogen-bond donors (Lipinski definition) is 4. The molecule has 0 fully saturated rings. The number of anilines is 1. The minimum absolute atomic E-state index is 0.121. The third-order valence-electron chi connectivity index (χ3n) is 6.96. The van der Waals surface area contributed by atoms with Gasteiger partial charge in [0, 0.05) is 22.4 Å². The molecule has 39 heavy (non-hydrogen) atoms. The summed E-state index contributed by atoms with van der Waals surface area (Å²) in [5, 5.41) is 24.4. The van der Waals surface area contributed by atoms with Crippen LogP contribution in [0.1, 0.15) is 73.5 Å². The highest BCUT2D eigenvalue weighted by Gasteiger charge is 2.42. The smallest absolute Gasteiger partial charge is 0.356 e. The Balaban J connectivity index is 1.69. The lowest BCUT2D eigenvalue weighted by atomic mass is 9.78. The summed E-state index contributed by atoms with van der Waals surface area (Å²) in [5.41, 5.74) is 9.94. The van der Waals surface area contributed by atoms with Crippen molar-refractivity contribution in [2.45, 2.75) is 52.4 Å². The molecule has 4 rings (SSSR count). The Labute approximate surface area is 234 Å². The van der Waals surface area contributed by atoms with Crippen LogP contribution < -0.4 is 11.1 Å². The quantitative estimate of drug-likeness (QED) is 0.168. The van der Waals surface area contributed by atoms with Crippen molar-refractivity contribution in [3.05, 3.63) is 87.2 Å². The number of amidine groups is 2. The number of rotatable bonds is 5. The zero-order chi connectivity index (χ0) is 28.8. The van der Waals surface area contributed by atoms with Crippen LogP contribution in [0.5, 0.6) is 5.75 Å². The van der Waals surface area contributed by atoms with Crippen molar-refractivity contribution in [2.75, 3.05) is 18.9 Å². The van der Waals surface area contributed by atoms with Crippen molar-refractivity contribution < 1.29 is 14.4 Å². The van der Waals surface area contributed by atoms with Crippen molar-refractivity contribution >= 4 is 40.3 Å². The fourth-order valence-corrected chi connectivity index (χ4v) is 5.29. The minimum atomic E-state index is -0.288. The van der Waals surface area contributed by atoms with E-state index in [1.54, 1.807) is 31.3 Å². The monoisotopic (exact) mass is 544 g/mol. The number of aromatic hydroxyl groups is 1. The van der Waals surface area contributed by atoms with E-state index < -0.39 is 0 Å². The molecule has 7 nitrogen and oxygen atoms in total. The van der Waals surface area contributed by atoms with Gasteiger partial charge in [0.2, 0.25) is 5.84 Å². The summed E-state index contributed by atoms with van der Waals surface area (Å²) >= 11 is 1.49. The molecule has 8 heteroatoms. The second-order valence-electron chi connectivity index (χ2n) is 12.1. The van der Waals surface area contributed by atoms with Crippen LogP contribution in [0.3, 0.4) is 0 Å². The van der Waals surface area contributed by atoms with Gasteiger partial charge in [0.1, 0.15) is 23.5 Å². The molecule has 1 unspecified atom stereocenters. The number of nitrogens with zero attached hydrogens (tertiary/aromatic N) is 2. The number of hydrogen-bond acceptors (Lipinski definition) is 6. The van der Waals surface area contributed by atoms with Gasteiger partial charge in [-0.1, -0.05) is 47.6 Å². The average molecular weight is 545 g/mol. The first kappa shape index (κ1) is 28.4. The molecule has 1 amide bonds. The SMILES string of the molecule is CC(C)(C)c1cc(C2=C[N+](C)(C(=O)c3ccc(NC(=N)c4cccs4)cc3)C(CN)=N2)cc(C(C)(C)C)c1O. The minimum Gasteiger partial charge on any atom is -0.507 e. The molecule has 0 spiro atoms. The van der Waals surface area contributed by atoms with Crippen molar-refractivity contribution in [2.24, 2.45) is 10.7 Å². The topological polar surface area (TPSA) is 112 Å². The molecule has 1 aliphatic heterocycles. The maximum atomic E-state index is 13.8. The molecule has 0 bridgehead atoms. The Bertz CT molecular complexity index is 1440. The lowest BCUT2D eigenvalue weighted by Gasteiger charge is -2.28. The number of benzene rings is 2. The molecule has 0 saturated heterocycles. The van der Waals surface area contributed by atoms with Gasteiger partial charge in [0.15, 0.2) is 0 Å². The Morgan fingerprint density at radius 2 is 1.64 bits per heavy atom. The first-order chi connectivity index (χ1) is 18.1. The third-order valence-corrected chi connectivity index (χ3v) is 7.85. The number of likely N-dealkylation sites (N-methyl/N-ethyl adjacent to an activating group) is 1. The first-order valence-electron chi connectivity index (χ1n) is 12.9. The van der Waals surface area contributed by atoms with E-state index in [0.717, 1.165) is 27.3 Å². The summed E-state index contributed by atoms with van der Waals surface area (Å²) < 4.78 is -0.166. The van der Waals surface area contributed by atoms with E-state index in [2.05, 4.69) is 46.9 Å². The number of amides is 1. The fraction of sp³-hybridized carbons (Fsp3) is 0.323. The summed E-state index contributed by atoms with van der Waals surface area (Å²) in [5.74, 6) is 1.000. The Morgan fingerprint density at radius 1 is 1.05 bits per heavy atom. The van der Waals surface area contributed by atoms with Crippen molar-refractivity contribution in [3.8, 4) is 5.75 Å². The summed E-state index contributed by atoms with van der Waals surface area (Å²) in [6.45, 7) is 12.5. The maximum Gasteiger partial charge on any atom is 0.356 e. The molecule has 204 valence electrons. The number of phenolic OH excluding ortho intramolecular Hbond substituents is 1. The van der Waals surface area contributed by atoms with Crippen LogP contribution in [0.4, 0.5) is 5.69 Å². The number of nitrogens with two attached hydrogens (primary N) is 1. The standard InChI is InChI=1S/C31H37N5O2S/c1-30(2,3)22-15-20(16-23(27(22)37)31(4,5)6)24-18-36(7,26(17-32)35-24)29(38)19-10-12-21(13-11-19)34-28(33)25-9-8-14-39-25/h8-16,18H,17,32H2,1-7H3,(H2-,33,34,37,38)/p+1. The van der Waals surface area contributed by atoms with Crippen molar-refractivity contribution in [3.63, 3.8) is 0 Å². The third kappa shape index (κ3) is 5.59. The van der Waals surface area contributed by atoms with Crippen LogP contribution in [-0.2, 0) is 10.8 Å². The number of nitrogens with one attached hydrogen (secondary N) is 2. The lowest BCUT2D eigenvalue weighted by molar-refractivity contribution is -0.672. The van der Waals surface area contributed by atoms with Gasteiger partial charge in [-0.25, -0.2) is 4.79 Å². The molecule has 1 atom stereocenters. The molecule has 0 saturated carbocycles. The van der Waals surface area contributed by atoms with Crippen LogP contribution in [0.25, 0.3) is 5.70 Å². The van der Waals surface area contributed by atoms with Crippen LogP contribution in [0.2, 0.25) is 0 Å². The van der Waals surface area contributed by atoms with Crippen LogP contribution in [-0.4, -0.2) is 40.8 Å². The highest BCUT2D eigenvalue weighted by atomic mass is 32.1. The lowest BCUT2D eigenvalue weighted by Crippen LogP contribution is -2.50. The van der Waals surface area contributed by atoms with E-state index in [4.69, 9.17) is 16.1 Å². The van der Waals surface area contributed by atoms with Gasteiger partial charge in [-0.15, -0.1) is 11.3 Å². The number of carbonyl (C=O) groups is 1. The predicted octanol–water partition coefficient (Wildman–Crippen LogP) is 6.44. The molecule has 2 heterocycles. The molecule has 5 N–H and O–H groups in total. The molecule has 0 aliphatic carbocycles. The maximum absolute atomic E-state index is 13.8. The largest absolute Gasteiger partial charge is 0.507 e. The second-order valence-corrected chi connectivity index (χ2v) is 13.0. The summed E-state index contributed by atoms with van der Waals surface area (Å²) in [7, 11) is 1.80. The molecule has 0 radical (unpaired) electrons. The molecular formula is C31H38N5O2S+. The van der Waals surface area contributed by atoms with Crippen LogP contribution >= 0.6 is 11.3 Å². The predicted molar refractivity (Wildman–Crippen MR) is 162 cm³/mol. The van der Waals surface area contributed by atoms with E-state index in [1.807, 2.05) is 35.8 Å². The zero-order valence-electron chi connectivity index (χ0n) is 23.7. The van der Waals surface area contributed by atoms with Gasteiger partial charge in [-0.2, -0.15) is 9.48 Å². The van der Waals surface area contributed by atoms with E-state index in [1.165, 1.54) is 11.3 Å². The van der Waals surface area contributed by atoms with Gasteiger partial charge < -0.3 is 16.2 Å². The second kappa shape index (κ2) is 10.2. The van der Waals surface area contributed by atoms with E-state index in [0.29, 0.717) is 28.7 Å². The number of aliphatic imine (C=N–C) groups is 1. The number of phenols is 1. The van der Waals surface area contributed by atoms with E-state index in [9.17, 15) is 9.90 Å². The van der Waals surface area contributed by atoms with Crippen LogP contribution in [0.15, 0.2) is 65.1 Å². The van der Waals surface area contributed by atoms with Crippen LogP contribution in [0, 0.1) is 5.41 Å². The fourth-order valence-electron chi connectivity index (χ4n) is 4.66. The summed E-state index contributed by atoms with van der Waals surface area (Å²) in [6.07, 6.45) is 1.84. The zero-order valence-corrected chi connectivity index (χ0v) is 24.5. The van der Waals surface area contributed by atoms with Crippen molar-refractivity contribution in [1.82, 2.24) is 0 Å². The van der Waals surface area contributed by atoms with Gasteiger partial charge >= 0.3 is 5.91 Å². The Kier molecular flexibility index (Phi) is 7.42. The highest BCUT2D eigenvalue weighted by molar-refractivity contribution is 7.12. The number of thiophene rings is 1. The number of quaternary nitrogens is 1. The first-order valence-corrected chi connectivity index (χ1v) is 13.8. The normalized spacial score (nSPS) is 17.5. The van der Waals surface area contributed by atoms with Gasteiger partial charge in [0.05, 0.1) is 24.0 Å². The van der Waals surface area contributed by atoms with Gasteiger partial charge in [0.25, 0.3) is 0 Å². The van der Waals surface area contributed by atoms with E-state index >= 15 is 0 Å². The molecule has 2 aromatic carbocycles. The average Bonchev–Trinajstić information content (AvgIpc) is 3.51. The summed E-state index contributed by atoms with van der Waals surface area (Å²) in [4.78, 5) is 19.5. The molecule has 1 aliphatic rings. The molecule has 3 aromatic rings. The highest BCUT2D eigenvalue weighted by Crippen LogP contribution is 2.42. The van der Waals surface area contributed by atoms with Crippen molar-refractivity contribution in [1.29, 1.82) is 5.41 Å². The summed E-state index contributed by atoms with van der Waals surface area (Å²) in [6, 6.07) is 14.8.